The van der Waals surface area contributed by atoms with Crippen LogP contribution in [0.4, 0.5) is 0 Å². The minimum atomic E-state index is -3.41. The second-order valence-electron chi connectivity index (χ2n) is 4.17. The van der Waals surface area contributed by atoms with Crippen LogP contribution >= 0.6 is 0 Å². The number of aryl methyl sites for hydroxylation is 1. The molecule has 0 radical (unpaired) electrons. The van der Waals surface area contributed by atoms with Gasteiger partial charge >= 0.3 is 0 Å². The lowest BCUT2D eigenvalue weighted by atomic mass is 10.2. The first-order chi connectivity index (χ1) is 8.95. The Hall–Kier alpha value is -1.73. The molecule has 0 fully saturated rings. The summed E-state index contributed by atoms with van der Waals surface area (Å²) < 4.78 is 30.4. The summed E-state index contributed by atoms with van der Waals surface area (Å²) in [5.74, 6) is 0.950. The van der Waals surface area contributed by atoms with E-state index in [1.165, 1.54) is 30.5 Å². The summed E-state index contributed by atoms with van der Waals surface area (Å²) in [6.45, 7) is 1.92. The van der Waals surface area contributed by atoms with E-state index in [0.29, 0.717) is 23.8 Å². The Labute approximate surface area is 112 Å². The topological polar surface area (TPSA) is 76.3 Å². The fraction of sp³-hybridized carbons (Fsp3) is 0.333. The van der Waals surface area contributed by atoms with Gasteiger partial charge < -0.3 is 4.42 Å². The van der Waals surface area contributed by atoms with Crippen molar-refractivity contribution in [3.8, 4) is 11.5 Å². The van der Waals surface area contributed by atoms with Crippen molar-refractivity contribution in [2.75, 3.05) is 14.1 Å². The molecular weight excluding hydrogens is 266 g/mol. The molecule has 0 atom stereocenters. The molecule has 0 saturated carbocycles. The molecule has 7 heteroatoms. The van der Waals surface area contributed by atoms with Crippen molar-refractivity contribution in [1.29, 1.82) is 0 Å². The number of sulfonamides is 1. The molecule has 0 bridgehead atoms. The predicted octanol–water partition coefficient (Wildman–Crippen LogP) is 1.55. The molecule has 19 heavy (non-hydrogen) atoms. The highest BCUT2D eigenvalue weighted by Crippen LogP contribution is 2.21. The van der Waals surface area contributed by atoms with Gasteiger partial charge in [0, 0.05) is 26.1 Å². The number of nitrogens with zero attached hydrogens (tertiary/aromatic N) is 3. The maximum atomic E-state index is 11.9. The van der Waals surface area contributed by atoms with Crippen LogP contribution < -0.4 is 0 Å². The summed E-state index contributed by atoms with van der Waals surface area (Å²) in [6, 6.07) is 6.37. The van der Waals surface area contributed by atoms with Gasteiger partial charge in [0.25, 0.3) is 0 Å². The number of hydrogen-bond donors (Lipinski definition) is 0. The molecule has 0 aliphatic heterocycles. The van der Waals surface area contributed by atoms with Crippen LogP contribution in [0.15, 0.2) is 33.6 Å². The third-order valence-corrected chi connectivity index (χ3v) is 4.48. The number of benzene rings is 1. The third-order valence-electron chi connectivity index (χ3n) is 2.65. The van der Waals surface area contributed by atoms with Crippen LogP contribution in [0.25, 0.3) is 11.5 Å². The van der Waals surface area contributed by atoms with Crippen LogP contribution in [0.3, 0.4) is 0 Å². The lowest BCUT2D eigenvalue weighted by molar-refractivity contribution is 0.512. The van der Waals surface area contributed by atoms with E-state index < -0.39 is 10.0 Å². The van der Waals surface area contributed by atoms with Crippen molar-refractivity contribution < 1.29 is 12.8 Å². The second kappa shape index (κ2) is 5.10. The summed E-state index contributed by atoms with van der Waals surface area (Å²) >= 11 is 0. The lowest BCUT2D eigenvalue weighted by Crippen LogP contribution is -2.22. The Balaban J connectivity index is 2.33. The van der Waals surface area contributed by atoms with Gasteiger partial charge in [-0.25, -0.2) is 12.7 Å². The van der Waals surface area contributed by atoms with Crippen molar-refractivity contribution in [2.24, 2.45) is 0 Å². The van der Waals surface area contributed by atoms with Crippen LogP contribution in [-0.2, 0) is 16.4 Å². The quantitative estimate of drug-likeness (QED) is 0.849. The number of aromatic nitrogens is 2. The molecule has 0 aliphatic rings. The SMILES string of the molecule is CCc1nnc(-c2ccc(S(=O)(=O)N(C)C)cc2)o1. The van der Waals surface area contributed by atoms with Gasteiger partial charge in [0.15, 0.2) is 0 Å². The highest BCUT2D eigenvalue weighted by molar-refractivity contribution is 7.89. The van der Waals surface area contributed by atoms with E-state index in [-0.39, 0.29) is 4.90 Å². The van der Waals surface area contributed by atoms with Crippen LogP contribution in [0.1, 0.15) is 12.8 Å². The minimum Gasteiger partial charge on any atom is -0.421 e. The molecule has 0 N–H and O–H groups in total. The Kier molecular flexibility index (Phi) is 3.68. The molecule has 1 aromatic carbocycles. The van der Waals surface area contributed by atoms with Crippen LogP contribution in [0.5, 0.6) is 0 Å². The molecule has 0 spiro atoms. The van der Waals surface area contributed by atoms with Crippen molar-refractivity contribution in [1.82, 2.24) is 14.5 Å². The summed E-state index contributed by atoms with van der Waals surface area (Å²) in [5.41, 5.74) is 0.699. The smallest absolute Gasteiger partial charge is 0.247 e. The minimum absolute atomic E-state index is 0.233. The standard InChI is InChI=1S/C12H15N3O3S/c1-4-11-13-14-12(18-11)9-5-7-10(8-6-9)19(16,17)15(2)3/h5-8H,4H2,1-3H3. The molecule has 2 rings (SSSR count). The molecule has 102 valence electrons. The fourth-order valence-corrected chi connectivity index (χ4v) is 2.40. The summed E-state index contributed by atoms with van der Waals surface area (Å²) in [5, 5.41) is 7.78. The van der Waals surface area contributed by atoms with E-state index in [9.17, 15) is 8.42 Å². The molecule has 0 amide bonds. The normalized spacial score (nSPS) is 12.0. The molecule has 0 aliphatic carbocycles. The Morgan fingerprint density at radius 1 is 1.16 bits per heavy atom. The Bertz CT molecular complexity index is 660. The van der Waals surface area contributed by atoms with E-state index >= 15 is 0 Å². The van der Waals surface area contributed by atoms with Crippen molar-refractivity contribution in [3.05, 3.63) is 30.2 Å². The number of rotatable bonds is 4. The number of hydrogen-bond acceptors (Lipinski definition) is 5. The molecule has 1 heterocycles. The molecule has 0 saturated heterocycles. The van der Waals surface area contributed by atoms with Crippen molar-refractivity contribution in [3.63, 3.8) is 0 Å². The zero-order valence-corrected chi connectivity index (χ0v) is 11.8. The van der Waals surface area contributed by atoms with Gasteiger partial charge in [0.05, 0.1) is 4.90 Å². The van der Waals surface area contributed by atoms with Gasteiger partial charge in [-0.1, -0.05) is 6.92 Å². The Morgan fingerprint density at radius 3 is 2.26 bits per heavy atom. The van der Waals surface area contributed by atoms with Gasteiger partial charge in [-0.2, -0.15) is 0 Å². The zero-order chi connectivity index (χ0) is 14.0. The molecule has 2 aromatic rings. The van der Waals surface area contributed by atoms with E-state index in [0.717, 1.165) is 0 Å². The van der Waals surface area contributed by atoms with Crippen LogP contribution in [0, 0.1) is 0 Å². The maximum absolute atomic E-state index is 11.9. The monoisotopic (exact) mass is 281 g/mol. The van der Waals surface area contributed by atoms with E-state index in [2.05, 4.69) is 10.2 Å². The molecular formula is C12H15N3O3S. The average molecular weight is 281 g/mol. The summed E-state index contributed by atoms with van der Waals surface area (Å²) in [7, 11) is -0.419. The van der Waals surface area contributed by atoms with E-state index in [1.807, 2.05) is 6.92 Å². The molecule has 0 unspecified atom stereocenters. The average Bonchev–Trinajstić information content (AvgIpc) is 2.87. The first kappa shape index (κ1) is 13.7. The second-order valence-corrected chi connectivity index (χ2v) is 6.32. The fourth-order valence-electron chi connectivity index (χ4n) is 1.49. The predicted molar refractivity (Wildman–Crippen MR) is 70.0 cm³/mol. The van der Waals surface area contributed by atoms with Gasteiger partial charge in [0.2, 0.25) is 21.8 Å². The maximum Gasteiger partial charge on any atom is 0.247 e. The highest BCUT2D eigenvalue weighted by atomic mass is 32.2. The van der Waals surface area contributed by atoms with Gasteiger partial charge in [0.1, 0.15) is 0 Å². The van der Waals surface area contributed by atoms with Crippen molar-refractivity contribution in [2.45, 2.75) is 18.2 Å². The lowest BCUT2D eigenvalue weighted by Gasteiger charge is -2.11. The van der Waals surface area contributed by atoms with E-state index in [1.54, 1.807) is 12.1 Å². The van der Waals surface area contributed by atoms with Crippen molar-refractivity contribution >= 4 is 10.0 Å². The zero-order valence-electron chi connectivity index (χ0n) is 11.0. The highest BCUT2D eigenvalue weighted by Gasteiger charge is 2.17. The summed E-state index contributed by atoms with van der Waals surface area (Å²) in [6.07, 6.45) is 0.667. The molecule has 6 nitrogen and oxygen atoms in total. The van der Waals surface area contributed by atoms with Gasteiger partial charge in [-0.3, -0.25) is 0 Å². The third kappa shape index (κ3) is 2.66. The van der Waals surface area contributed by atoms with Crippen LogP contribution in [-0.4, -0.2) is 37.0 Å². The van der Waals surface area contributed by atoms with Gasteiger partial charge in [-0.15, -0.1) is 10.2 Å². The first-order valence-corrected chi connectivity index (χ1v) is 7.24. The largest absolute Gasteiger partial charge is 0.421 e. The Morgan fingerprint density at radius 2 is 1.79 bits per heavy atom. The summed E-state index contributed by atoms with van der Waals surface area (Å²) in [4.78, 5) is 0.233. The van der Waals surface area contributed by atoms with Gasteiger partial charge in [-0.05, 0) is 24.3 Å². The van der Waals surface area contributed by atoms with E-state index in [4.69, 9.17) is 4.42 Å². The molecule has 1 aromatic heterocycles. The van der Waals surface area contributed by atoms with Crippen LogP contribution in [0.2, 0.25) is 0 Å². The first-order valence-electron chi connectivity index (χ1n) is 5.80.